The molecule has 3 atom stereocenters. The van der Waals surface area contributed by atoms with E-state index in [9.17, 15) is 24.0 Å². The van der Waals surface area contributed by atoms with Crippen molar-refractivity contribution in [2.45, 2.75) is 78.3 Å². The second-order valence-electron chi connectivity index (χ2n) is 9.71. The number of imide groups is 1. The van der Waals surface area contributed by atoms with Crippen LogP contribution in [0.2, 0.25) is 0 Å². The zero-order valence-corrected chi connectivity index (χ0v) is 21.3. The number of fused-ring (bicyclic) bond motifs is 1. The molecule has 3 rings (SSSR count). The van der Waals surface area contributed by atoms with E-state index >= 15 is 0 Å². The summed E-state index contributed by atoms with van der Waals surface area (Å²) in [5, 5.41) is 8.47. The summed E-state index contributed by atoms with van der Waals surface area (Å²) in [5.41, 5.74) is 0.565. The van der Waals surface area contributed by atoms with Crippen molar-refractivity contribution < 1.29 is 23.6 Å². The Kier molecular flexibility index (Phi) is 9.01. The van der Waals surface area contributed by atoms with Crippen molar-refractivity contribution >= 4 is 34.6 Å². The molecule has 1 aliphatic rings. The van der Waals surface area contributed by atoms with Crippen molar-refractivity contribution in [3.63, 3.8) is 0 Å². The molecular weight excluding hydrogens is 462 g/mol. The van der Waals surface area contributed by atoms with Gasteiger partial charge in [-0.1, -0.05) is 45.6 Å². The standard InChI is InChI=1S/C27H35N3O6/c1-5-15(2)23(29-25(33)18-9-7-6-8-10-18)27(35)28-17(4)24(32)30-26(34)19-11-12-20-16(3)13-22(31)36-21(20)14-19/h11-15,17-18,23H,5-10H2,1-4H3,(H,28,35)(H,29,33)(H,30,32,34)/t15-,17-,23-/m0/s1. The monoisotopic (exact) mass is 497 g/mol. The van der Waals surface area contributed by atoms with E-state index in [1.807, 2.05) is 13.8 Å². The van der Waals surface area contributed by atoms with E-state index in [2.05, 4.69) is 16.0 Å². The number of carbonyl (C=O) groups is 4. The van der Waals surface area contributed by atoms with Crippen LogP contribution in [0.4, 0.5) is 0 Å². The van der Waals surface area contributed by atoms with Crippen LogP contribution in [0.3, 0.4) is 0 Å². The van der Waals surface area contributed by atoms with Crippen LogP contribution < -0.4 is 21.6 Å². The van der Waals surface area contributed by atoms with E-state index in [1.165, 1.54) is 25.1 Å². The second kappa shape index (κ2) is 12.0. The minimum absolute atomic E-state index is 0.0911. The first kappa shape index (κ1) is 27.1. The average Bonchev–Trinajstić information content (AvgIpc) is 2.86. The first-order chi connectivity index (χ1) is 17.1. The molecule has 1 aromatic heterocycles. The fourth-order valence-corrected chi connectivity index (χ4v) is 4.47. The van der Waals surface area contributed by atoms with Crippen LogP contribution >= 0.6 is 0 Å². The molecule has 36 heavy (non-hydrogen) atoms. The Morgan fingerprint density at radius 2 is 1.69 bits per heavy atom. The number of amides is 4. The highest BCUT2D eigenvalue weighted by Gasteiger charge is 2.31. The minimum atomic E-state index is -1.01. The highest BCUT2D eigenvalue weighted by Crippen LogP contribution is 2.24. The van der Waals surface area contributed by atoms with Crippen molar-refractivity contribution in [3.05, 3.63) is 45.8 Å². The van der Waals surface area contributed by atoms with Gasteiger partial charge in [0.25, 0.3) is 5.91 Å². The summed E-state index contributed by atoms with van der Waals surface area (Å²) in [6, 6.07) is 4.14. The molecule has 4 amide bonds. The molecule has 9 heteroatoms. The van der Waals surface area contributed by atoms with Gasteiger partial charge in [0.05, 0.1) is 0 Å². The van der Waals surface area contributed by atoms with Crippen molar-refractivity contribution in [2.24, 2.45) is 11.8 Å². The van der Waals surface area contributed by atoms with Gasteiger partial charge in [-0.2, -0.15) is 0 Å². The molecule has 1 fully saturated rings. The zero-order chi connectivity index (χ0) is 26.4. The third-order valence-electron chi connectivity index (χ3n) is 6.97. The fourth-order valence-electron chi connectivity index (χ4n) is 4.47. The van der Waals surface area contributed by atoms with Gasteiger partial charge in [0.15, 0.2) is 0 Å². The number of benzene rings is 1. The van der Waals surface area contributed by atoms with Gasteiger partial charge in [0.2, 0.25) is 17.7 Å². The summed E-state index contributed by atoms with van der Waals surface area (Å²) in [5.74, 6) is -2.19. The molecule has 194 valence electrons. The summed E-state index contributed by atoms with van der Waals surface area (Å²) >= 11 is 0. The highest BCUT2D eigenvalue weighted by molar-refractivity contribution is 6.08. The first-order valence-corrected chi connectivity index (χ1v) is 12.6. The maximum atomic E-state index is 13.0. The maximum absolute atomic E-state index is 13.0. The van der Waals surface area contributed by atoms with Crippen LogP contribution in [0.1, 0.15) is 75.2 Å². The van der Waals surface area contributed by atoms with Crippen LogP contribution in [-0.2, 0) is 14.4 Å². The predicted molar refractivity (Wildman–Crippen MR) is 135 cm³/mol. The molecule has 9 nitrogen and oxygen atoms in total. The smallest absolute Gasteiger partial charge is 0.336 e. The molecule has 0 unspecified atom stereocenters. The van der Waals surface area contributed by atoms with Gasteiger partial charge in [-0.3, -0.25) is 24.5 Å². The molecule has 1 heterocycles. The van der Waals surface area contributed by atoms with Gasteiger partial charge in [0.1, 0.15) is 17.7 Å². The normalized spacial score (nSPS) is 16.6. The van der Waals surface area contributed by atoms with Crippen LogP contribution in [0.25, 0.3) is 11.0 Å². The SMILES string of the molecule is CC[C@H](C)[C@H](NC(=O)C1CCCCC1)C(=O)N[C@@H](C)C(=O)NC(=O)c1ccc2c(C)cc(=O)oc2c1. The van der Waals surface area contributed by atoms with Crippen molar-refractivity contribution in [3.8, 4) is 0 Å². The average molecular weight is 498 g/mol. The topological polar surface area (TPSA) is 135 Å². The molecule has 0 bridgehead atoms. The van der Waals surface area contributed by atoms with Gasteiger partial charge < -0.3 is 15.1 Å². The molecule has 0 saturated heterocycles. The van der Waals surface area contributed by atoms with E-state index in [-0.39, 0.29) is 28.9 Å². The number of nitrogens with one attached hydrogen (secondary N) is 3. The Bertz CT molecular complexity index is 1200. The molecule has 0 spiro atoms. The lowest BCUT2D eigenvalue weighted by Gasteiger charge is -2.28. The van der Waals surface area contributed by atoms with Crippen molar-refractivity contribution in [2.75, 3.05) is 0 Å². The molecule has 3 N–H and O–H groups in total. The van der Waals surface area contributed by atoms with E-state index in [4.69, 9.17) is 4.42 Å². The summed E-state index contributed by atoms with van der Waals surface area (Å²) in [6.07, 6.45) is 5.44. The van der Waals surface area contributed by atoms with Crippen LogP contribution in [0.15, 0.2) is 33.5 Å². The Labute approximate surface area is 210 Å². The molecule has 1 saturated carbocycles. The fraction of sp³-hybridized carbons (Fsp3) is 0.519. The maximum Gasteiger partial charge on any atom is 0.336 e. The number of carbonyl (C=O) groups excluding carboxylic acids is 4. The van der Waals surface area contributed by atoms with E-state index in [0.717, 1.165) is 32.1 Å². The molecule has 2 aromatic rings. The Balaban J connectivity index is 1.63. The third kappa shape index (κ3) is 6.59. The molecular formula is C27H35N3O6. The molecule has 1 aliphatic carbocycles. The summed E-state index contributed by atoms with van der Waals surface area (Å²) in [7, 11) is 0. The van der Waals surface area contributed by atoms with Crippen LogP contribution in [0.5, 0.6) is 0 Å². The third-order valence-corrected chi connectivity index (χ3v) is 6.97. The van der Waals surface area contributed by atoms with Crippen LogP contribution in [0, 0.1) is 18.8 Å². The Morgan fingerprint density at radius 1 is 1.00 bits per heavy atom. The van der Waals surface area contributed by atoms with Crippen molar-refractivity contribution in [1.82, 2.24) is 16.0 Å². The van der Waals surface area contributed by atoms with Gasteiger partial charge in [0, 0.05) is 22.9 Å². The van der Waals surface area contributed by atoms with Gasteiger partial charge in [-0.15, -0.1) is 0 Å². The largest absolute Gasteiger partial charge is 0.423 e. The zero-order valence-electron chi connectivity index (χ0n) is 21.3. The lowest BCUT2D eigenvalue weighted by molar-refractivity contribution is -0.134. The number of aryl methyl sites for hydroxylation is 1. The van der Waals surface area contributed by atoms with E-state index < -0.39 is 35.4 Å². The van der Waals surface area contributed by atoms with Gasteiger partial charge in [-0.05, 0) is 50.3 Å². The molecule has 0 radical (unpaired) electrons. The minimum Gasteiger partial charge on any atom is -0.423 e. The molecule has 0 aliphatic heterocycles. The number of rotatable bonds is 8. The quantitative estimate of drug-likeness (QED) is 0.480. The van der Waals surface area contributed by atoms with Gasteiger partial charge >= 0.3 is 5.63 Å². The molecule has 1 aromatic carbocycles. The Morgan fingerprint density at radius 3 is 2.36 bits per heavy atom. The van der Waals surface area contributed by atoms with Gasteiger partial charge in [-0.25, -0.2) is 4.79 Å². The summed E-state index contributed by atoms with van der Waals surface area (Å²) < 4.78 is 5.16. The summed E-state index contributed by atoms with van der Waals surface area (Å²) in [4.78, 5) is 62.7. The van der Waals surface area contributed by atoms with Crippen molar-refractivity contribution in [1.29, 1.82) is 0 Å². The predicted octanol–water partition coefficient (Wildman–Crippen LogP) is 2.97. The van der Waals surface area contributed by atoms with E-state index in [0.29, 0.717) is 17.4 Å². The summed E-state index contributed by atoms with van der Waals surface area (Å²) in [6.45, 7) is 7.04. The van der Waals surface area contributed by atoms with E-state index in [1.54, 1.807) is 13.0 Å². The lowest BCUT2D eigenvalue weighted by Crippen LogP contribution is -2.56. The number of hydrogen-bond donors (Lipinski definition) is 3. The highest BCUT2D eigenvalue weighted by atomic mass is 16.4. The Hall–Kier alpha value is -3.49. The second-order valence-corrected chi connectivity index (χ2v) is 9.71. The first-order valence-electron chi connectivity index (χ1n) is 12.6. The lowest BCUT2D eigenvalue weighted by atomic mass is 9.88. The number of hydrogen-bond acceptors (Lipinski definition) is 6. The van der Waals surface area contributed by atoms with Crippen LogP contribution in [-0.4, -0.2) is 35.7 Å².